The fraction of sp³-hybridized carbons (Fsp3) is 0.188. The second-order valence-electron chi connectivity index (χ2n) is 5.04. The molecule has 0 bridgehead atoms. The molecule has 0 fully saturated rings. The highest BCUT2D eigenvalue weighted by atomic mass is 16.4. The average Bonchev–Trinajstić information content (AvgIpc) is 2.40. The Morgan fingerprint density at radius 2 is 1.77 bits per heavy atom. The van der Waals surface area contributed by atoms with Gasteiger partial charge in [0.15, 0.2) is 0 Å². The largest absolute Gasteiger partial charge is 0.480 e. The van der Waals surface area contributed by atoms with Crippen LogP contribution in [0.4, 0.5) is 0 Å². The Balaban J connectivity index is 2.75. The van der Waals surface area contributed by atoms with Gasteiger partial charge in [0, 0.05) is 5.56 Å². The zero-order valence-corrected chi connectivity index (χ0v) is 12.2. The number of hydrogen-bond donors (Lipinski definition) is 2. The van der Waals surface area contributed by atoms with Crippen LogP contribution in [0.5, 0.6) is 0 Å². The summed E-state index contributed by atoms with van der Waals surface area (Å²) in [5.41, 5.74) is 1.72. The highest BCUT2D eigenvalue weighted by Gasteiger charge is 2.17. The topological polar surface area (TPSA) is 96.6 Å². The molecule has 0 saturated carbocycles. The fourth-order valence-electron chi connectivity index (χ4n) is 2.37. The summed E-state index contributed by atoms with van der Waals surface area (Å²) in [4.78, 5) is 34.3. The molecule has 0 amide bonds. The van der Waals surface area contributed by atoms with Crippen molar-refractivity contribution in [1.29, 1.82) is 0 Å². The minimum absolute atomic E-state index is 0.384. The number of aliphatic carboxylic acids is 1. The van der Waals surface area contributed by atoms with Crippen molar-refractivity contribution in [2.24, 2.45) is 0 Å². The van der Waals surface area contributed by atoms with Crippen molar-refractivity contribution in [2.45, 2.75) is 20.4 Å². The molecule has 2 rings (SSSR count). The van der Waals surface area contributed by atoms with Crippen LogP contribution in [0.25, 0.3) is 11.3 Å². The molecule has 114 valence electrons. The third-order valence-electron chi connectivity index (χ3n) is 3.36. The van der Waals surface area contributed by atoms with Gasteiger partial charge in [0.25, 0.3) is 5.56 Å². The number of rotatable bonds is 4. The summed E-state index contributed by atoms with van der Waals surface area (Å²) in [6, 6.07) is 8.22. The lowest BCUT2D eigenvalue weighted by atomic mass is 10.0. The van der Waals surface area contributed by atoms with E-state index in [0.717, 1.165) is 15.7 Å². The minimum atomic E-state index is -1.38. The molecule has 0 spiro atoms. The quantitative estimate of drug-likeness (QED) is 0.899. The molecule has 1 heterocycles. The molecule has 1 aromatic carbocycles. The zero-order chi connectivity index (χ0) is 16.4. The molecule has 0 saturated heterocycles. The van der Waals surface area contributed by atoms with E-state index >= 15 is 0 Å². The second-order valence-corrected chi connectivity index (χ2v) is 5.04. The van der Waals surface area contributed by atoms with Crippen LogP contribution in [-0.2, 0) is 11.3 Å². The van der Waals surface area contributed by atoms with Crippen LogP contribution in [0.2, 0.25) is 0 Å². The van der Waals surface area contributed by atoms with Crippen molar-refractivity contribution in [2.75, 3.05) is 0 Å². The van der Waals surface area contributed by atoms with Crippen molar-refractivity contribution >= 4 is 11.9 Å². The van der Waals surface area contributed by atoms with Gasteiger partial charge in [-0.2, -0.15) is 0 Å². The van der Waals surface area contributed by atoms with Crippen LogP contribution in [0.15, 0.2) is 35.1 Å². The lowest BCUT2D eigenvalue weighted by Crippen LogP contribution is -2.30. The first kappa shape index (κ1) is 15.5. The molecule has 0 aliphatic carbocycles. The number of pyridine rings is 1. The molecule has 6 nitrogen and oxygen atoms in total. The molecule has 6 heteroatoms. The summed E-state index contributed by atoms with van der Waals surface area (Å²) in [6.45, 7) is 3.18. The summed E-state index contributed by atoms with van der Waals surface area (Å²) < 4.78 is 0.976. The summed E-state index contributed by atoms with van der Waals surface area (Å²) >= 11 is 0. The molecular weight excluding hydrogens is 286 g/mol. The lowest BCUT2D eigenvalue weighted by molar-refractivity contribution is -0.137. The summed E-state index contributed by atoms with van der Waals surface area (Å²) in [5, 5.41) is 18.0. The molecule has 1 aromatic heterocycles. The molecule has 0 aliphatic rings. The van der Waals surface area contributed by atoms with Gasteiger partial charge in [-0.05, 0) is 31.5 Å². The first-order valence-electron chi connectivity index (χ1n) is 6.58. The summed E-state index contributed by atoms with van der Waals surface area (Å²) in [7, 11) is 0. The molecular formula is C16H15NO5. The maximum atomic E-state index is 12.2. The Labute approximate surface area is 126 Å². The first-order chi connectivity index (χ1) is 10.3. The Kier molecular flexibility index (Phi) is 4.12. The van der Waals surface area contributed by atoms with E-state index in [1.807, 2.05) is 26.0 Å². The summed E-state index contributed by atoms with van der Waals surface area (Å²) in [6.07, 6.45) is 0. The van der Waals surface area contributed by atoms with Crippen LogP contribution in [0.1, 0.15) is 21.5 Å². The number of aryl methyl sites for hydroxylation is 2. The van der Waals surface area contributed by atoms with E-state index in [0.29, 0.717) is 11.3 Å². The predicted octanol–water partition coefficient (Wildman–Crippen LogP) is 1.91. The number of nitrogens with zero attached hydrogens (tertiary/aromatic N) is 1. The van der Waals surface area contributed by atoms with Crippen molar-refractivity contribution in [3.8, 4) is 11.3 Å². The third-order valence-corrected chi connectivity index (χ3v) is 3.36. The van der Waals surface area contributed by atoms with Gasteiger partial charge < -0.3 is 10.2 Å². The Morgan fingerprint density at radius 3 is 2.32 bits per heavy atom. The summed E-state index contributed by atoms with van der Waals surface area (Å²) in [5.74, 6) is -2.59. The predicted molar refractivity (Wildman–Crippen MR) is 80.2 cm³/mol. The van der Waals surface area contributed by atoms with E-state index in [2.05, 4.69) is 0 Å². The molecule has 2 N–H and O–H groups in total. The number of aromatic nitrogens is 1. The number of carboxylic acids is 2. The van der Waals surface area contributed by atoms with Crippen LogP contribution in [0, 0.1) is 13.8 Å². The van der Waals surface area contributed by atoms with Crippen molar-refractivity contribution < 1.29 is 19.8 Å². The third kappa shape index (κ3) is 2.90. The maximum Gasteiger partial charge on any atom is 0.341 e. The van der Waals surface area contributed by atoms with Gasteiger partial charge >= 0.3 is 11.9 Å². The SMILES string of the molecule is Cc1ccc(-c2ccc(C(=O)O)c(=O)n2CC(=O)O)c(C)c1. The van der Waals surface area contributed by atoms with Gasteiger partial charge in [-0.15, -0.1) is 0 Å². The Hall–Kier alpha value is -2.89. The molecule has 0 atom stereocenters. The standard InChI is InChI=1S/C16H15NO5/c1-9-3-4-11(10(2)7-9)13-6-5-12(16(21)22)15(20)17(13)8-14(18)19/h3-7H,8H2,1-2H3,(H,18,19)(H,21,22). The number of benzene rings is 1. The van der Waals surface area contributed by atoms with Crippen molar-refractivity contribution in [1.82, 2.24) is 4.57 Å². The van der Waals surface area contributed by atoms with Crippen molar-refractivity contribution in [3.63, 3.8) is 0 Å². The minimum Gasteiger partial charge on any atom is -0.480 e. The normalized spacial score (nSPS) is 10.5. The Morgan fingerprint density at radius 1 is 1.09 bits per heavy atom. The number of aromatic carboxylic acids is 1. The number of carbonyl (C=O) groups is 2. The lowest BCUT2D eigenvalue weighted by Gasteiger charge is -2.14. The first-order valence-corrected chi connectivity index (χ1v) is 6.58. The van der Waals surface area contributed by atoms with Crippen molar-refractivity contribution in [3.05, 3.63) is 57.4 Å². The smallest absolute Gasteiger partial charge is 0.341 e. The van der Waals surface area contributed by atoms with E-state index in [1.54, 1.807) is 6.07 Å². The van der Waals surface area contributed by atoms with Gasteiger partial charge in [-0.3, -0.25) is 14.2 Å². The van der Waals surface area contributed by atoms with Crippen LogP contribution in [-0.4, -0.2) is 26.7 Å². The average molecular weight is 301 g/mol. The fourth-order valence-corrected chi connectivity index (χ4v) is 2.37. The number of carboxylic acid groups (broad SMARTS) is 2. The molecule has 22 heavy (non-hydrogen) atoms. The number of hydrogen-bond acceptors (Lipinski definition) is 3. The van der Waals surface area contributed by atoms with Gasteiger partial charge in [0.05, 0.1) is 5.69 Å². The van der Waals surface area contributed by atoms with E-state index in [9.17, 15) is 14.4 Å². The van der Waals surface area contributed by atoms with Gasteiger partial charge in [-0.25, -0.2) is 4.79 Å². The molecule has 0 radical (unpaired) electrons. The molecule has 2 aromatic rings. The van der Waals surface area contributed by atoms with E-state index in [4.69, 9.17) is 10.2 Å². The Bertz CT molecular complexity index is 820. The molecule has 0 unspecified atom stereocenters. The van der Waals surface area contributed by atoms with E-state index < -0.39 is 29.6 Å². The van der Waals surface area contributed by atoms with Crippen LogP contribution in [0.3, 0.4) is 0 Å². The van der Waals surface area contributed by atoms with E-state index in [-0.39, 0.29) is 0 Å². The monoisotopic (exact) mass is 301 g/mol. The maximum absolute atomic E-state index is 12.2. The van der Waals surface area contributed by atoms with Gasteiger partial charge in [0.1, 0.15) is 12.1 Å². The van der Waals surface area contributed by atoms with Crippen LogP contribution < -0.4 is 5.56 Å². The van der Waals surface area contributed by atoms with Gasteiger partial charge in [0.2, 0.25) is 0 Å². The highest BCUT2D eigenvalue weighted by molar-refractivity contribution is 5.87. The highest BCUT2D eigenvalue weighted by Crippen LogP contribution is 2.23. The zero-order valence-electron chi connectivity index (χ0n) is 12.2. The van der Waals surface area contributed by atoms with Crippen LogP contribution >= 0.6 is 0 Å². The van der Waals surface area contributed by atoms with E-state index in [1.165, 1.54) is 12.1 Å². The molecule has 0 aliphatic heterocycles. The van der Waals surface area contributed by atoms with Gasteiger partial charge in [-0.1, -0.05) is 23.8 Å². The second kappa shape index (κ2) is 5.85.